The maximum Gasteiger partial charge on any atom is 0.244 e. The predicted octanol–water partition coefficient (Wildman–Crippen LogP) is 1.57. The van der Waals surface area contributed by atoms with E-state index < -0.39 is 10.0 Å². The Morgan fingerprint density at radius 1 is 1.45 bits per heavy atom. The highest BCUT2D eigenvalue weighted by Gasteiger charge is 2.34. The molecule has 1 atom stereocenters. The molecule has 1 aromatic rings. The molecular weight excluding hydrogens is 298 g/mol. The Hall–Kier alpha value is -0.560. The van der Waals surface area contributed by atoms with Crippen LogP contribution in [-0.2, 0) is 22.4 Å². The lowest BCUT2D eigenvalue weighted by Crippen LogP contribution is -2.34. The number of sulfonamides is 1. The van der Waals surface area contributed by atoms with E-state index in [0.29, 0.717) is 29.9 Å². The average Bonchev–Trinajstić information content (AvgIpc) is 3.05. The molecule has 1 fully saturated rings. The maximum absolute atomic E-state index is 12.7. The fourth-order valence-electron chi connectivity index (χ4n) is 2.57. The van der Waals surface area contributed by atoms with Gasteiger partial charge in [-0.25, -0.2) is 8.42 Å². The Kier molecular flexibility index (Phi) is 4.79. The molecule has 1 aromatic heterocycles. The Morgan fingerprint density at radius 2 is 2.15 bits per heavy atom. The van der Waals surface area contributed by atoms with Crippen molar-refractivity contribution < 1.29 is 8.42 Å². The van der Waals surface area contributed by atoms with Crippen LogP contribution in [0.5, 0.6) is 0 Å². The number of nitrogens with zero attached hydrogens (tertiary/aromatic N) is 3. The number of halogens is 1. The third kappa shape index (κ3) is 2.88. The number of aryl methyl sites for hydroxylation is 1. The first kappa shape index (κ1) is 15.8. The molecule has 1 saturated heterocycles. The summed E-state index contributed by atoms with van der Waals surface area (Å²) in [4.78, 5) is 2.44. The van der Waals surface area contributed by atoms with Gasteiger partial charge in [0.15, 0.2) is 0 Å². The lowest BCUT2D eigenvalue weighted by molar-refractivity contribution is 0.302. The molecule has 2 heterocycles. The summed E-state index contributed by atoms with van der Waals surface area (Å²) in [5.41, 5.74) is 0.844. The van der Waals surface area contributed by atoms with Gasteiger partial charge in [0.25, 0.3) is 0 Å². The van der Waals surface area contributed by atoms with E-state index in [2.05, 4.69) is 4.90 Å². The second-order valence-electron chi connectivity index (χ2n) is 5.36. The van der Waals surface area contributed by atoms with E-state index in [-0.39, 0.29) is 0 Å². The maximum atomic E-state index is 12.7. The monoisotopic (exact) mass is 319 g/mol. The minimum atomic E-state index is -3.40. The smallest absolute Gasteiger partial charge is 0.244 e. The molecule has 20 heavy (non-hydrogen) atoms. The van der Waals surface area contributed by atoms with Crippen LogP contribution in [0.2, 0.25) is 0 Å². The Labute approximate surface area is 126 Å². The number of rotatable bonds is 5. The van der Waals surface area contributed by atoms with Gasteiger partial charge in [0.2, 0.25) is 10.0 Å². The summed E-state index contributed by atoms with van der Waals surface area (Å²) in [6, 6.07) is 1.99. The molecule has 5 nitrogen and oxygen atoms in total. The van der Waals surface area contributed by atoms with E-state index in [9.17, 15) is 8.42 Å². The summed E-state index contributed by atoms with van der Waals surface area (Å²) >= 11 is 5.86. The third-order valence-electron chi connectivity index (χ3n) is 3.93. The lowest BCUT2D eigenvalue weighted by atomic mass is 10.2. The molecule has 0 aliphatic carbocycles. The quantitative estimate of drug-likeness (QED) is 0.774. The molecule has 7 heteroatoms. The van der Waals surface area contributed by atoms with E-state index in [1.54, 1.807) is 16.6 Å². The average molecular weight is 320 g/mol. The van der Waals surface area contributed by atoms with Crippen LogP contribution in [0.15, 0.2) is 17.2 Å². The molecule has 0 aromatic carbocycles. The molecule has 1 unspecified atom stereocenters. The molecule has 0 bridgehead atoms. The third-order valence-corrected chi connectivity index (χ3v) is 6.04. The highest BCUT2D eigenvalue weighted by molar-refractivity contribution is 7.89. The van der Waals surface area contributed by atoms with Gasteiger partial charge in [-0.05, 0) is 33.5 Å². The van der Waals surface area contributed by atoms with Crippen LogP contribution in [0, 0.1) is 0 Å². The number of alkyl halides is 1. The van der Waals surface area contributed by atoms with Crippen LogP contribution in [0.25, 0.3) is 0 Å². The minimum Gasteiger partial charge on any atom is -0.349 e. The van der Waals surface area contributed by atoms with Gasteiger partial charge in [0.1, 0.15) is 4.90 Å². The summed E-state index contributed by atoms with van der Waals surface area (Å²) in [5, 5.41) is 0. The van der Waals surface area contributed by atoms with Gasteiger partial charge in [0, 0.05) is 37.6 Å². The molecule has 0 radical (unpaired) electrons. The van der Waals surface area contributed by atoms with Crippen LogP contribution in [0.1, 0.15) is 19.0 Å². The first-order valence-electron chi connectivity index (χ1n) is 6.81. The molecule has 0 N–H and O–H groups in total. The van der Waals surface area contributed by atoms with Crippen LogP contribution in [0.4, 0.5) is 0 Å². The molecule has 1 aliphatic rings. The number of aromatic nitrogens is 1. The van der Waals surface area contributed by atoms with Gasteiger partial charge in [-0.2, -0.15) is 4.31 Å². The van der Waals surface area contributed by atoms with Gasteiger partial charge >= 0.3 is 0 Å². The van der Waals surface area contributed by atoms with Crippen molar-refractivity contribution in [2.24, 2.45) is 0 Å². The fourth-order valence-corrected chi connectivity index (χ4v) is 4.36. The van der Waals surface area contributed by atoms with Crippen LogP contribution in [0.3, 0.4) is 0 Å². The zero-order valence-electron chi connectivity index (χ0n) is 12.2. The van der Waals surface area contributed by atoms with Crippen molar-refractivity contribution in [3.8, 4) is 0 Å². The first-order chi connectivity index (χ1) is 9.40. The fraction of sp³-hybridized carbons (Fsp3) is 0.692. The Bertz CT molecular complexity index is 547. The molecule has 0 amide bonds. The number of likely N-dealkylation sites (N-methyl/N-ethyl adjacent to an activating group) is 1. The van der Waals surface area contributed by atoms with Gasteiger partial charge in [-0.15, -0.1) is 11.6 Å². The summed E-state index contributed by atoms with van der Waals surface area (Å²) in [6.45, 7) is 3.84. The van der Waals surface area contributed by atoms with Crippen LogP contribution >= 0.6 is 11.6 Å². The molecule has 2 rings (SSSR count). The van der Waals surface area contributed by atoms with E-state index in [1.807, 2.05) is 25.6 Å². The largest absolute Gasteiger partial charge is 0.349 e. The summed E-state index contributed by atoms with van der Waals surface area (Å²) < 4.78 is 28.8. The molecule has 1 aliphatic heterocycles. The number of hydrogen-bond acceptors (Lipinski definition) is 3. The summed E-state index contributed by atoms with van der Waals surface area (Å²) in [7, 11) is 0.572. The Balaban J connectivity index is 2.25. The highest BCUT2D eigenvalue weighted by Crippen LogP contribution is 2.25. The van der Waals surface area contributed by atoms with E-state index in [1.165, 1.54) is 0 Å². The van der Waals surface area contributed by atoms with Gasteiger partial charge in [-0.3, -0.25) is 0 Å². The van der Waals surface area contributed by atoms with E-state index in [4.69, 9.17) is 11.6 Å². The zero-order chi connectivity index (χ0) is 14.9. The standard InChI is InChI=1S/C13H22ClN3O2S/c1-4-16-10-13(7-12(16)8-14)20(18,19)17-6-5-11(9-17)15(2)3/h7,10-11H,4-6,8-9H2,1-3H3. The highest BCUT2D eigenvalue weighted by atomic mass is 35.5. The predicted molar refractivity (Wildman–Crippen MR) is 80.5 cm³/mol. The van der Waals surface area contributed by atoms with Gasteiger partial charge in [0.05, 0.1) is 5.88 Å². The van der Waals surface area contributed by atoms with Crippen molar-refractivity contribution in [1.29, 1.82) is 0 Å². The molecule has 0 saturated carbocycles. The van der Waals surface area contributed by atoms with Crippen molar-refractivity contribution in [2.75, 3.05) is 27.2 Å². The lowest BCUT2D eigenvalue weighted by Gasteiger charge is -2.19. The summed E-state index contributed by atoms with van der Waals surface area (Å²) in [6.07, 6.45) is 2.57. The van der Waals surface area contributed by atoms with Crippen molar-refractivity contribution in [3.05, 3.63) is 18.0 Å². The van der Waals surface area contributed by atoms with Crippen molar-refractivity contribution >= 4 is 21.6 Å². The van der Waals surface area contributed by atoms with Crippen LogP contribution in [-0.4, -0.2) is 55.4 Å². The molecular formula is C13H22ClN3O2S. The minimum absolute atomic E-state index is 0.297. The van der Waals surface area contributed by atoms with Crippen molar-refractivity contribution in [2.45, 2.75) is 36.7 Å². The van der Waals surface area contributed by atoms with Gasteiger partial charge in [-0.1, -0.05) is 0 Å². The second kappa shape index (κ2) is 6.05. The van der Waals surface area contributed by atoms with E-state index >= 15 is 0 Å². The second-order valence-corrected chi connectivity index (χ2v) is 7.56. The zero-order valence-corrected chi connectivity index (χ0v) is 13.8. The Morgan fingerprint density at radius 3 is 2.60 bits per heavy atom. The molecule has 0 spiro atoms. The van der Waals surface area contributed by atoms with Crippen LogP contribution < -0.4 is 0 Å². The summed E-state index contributed by atoms with van der Waals surface area (Å²) in [5.74, 6) is 0.323. The van der Waals surface area contributed by atoms with Crippen molar-refractivity contribution in [3.63, 3.8) is 0 Å². The topological polar surface area (TPSA) is 45.6 Å². The van der Waals surface area contributed by atoms with Gasteiger partial charge < -0.3 is 9.47 Å². The van der Waals surface area contributed by atoms with Crippen molar-refractivity contribution in [1.82, 2.24) is 13.8 Å². The molecule has 114 valence electrons. The first-order valence-corrected chi connectivity index (χ1v) is 8.79. The number of hydrogen-bond donors (Lipinski definition) is 0. The SMILES string of the molecule is CCn1cc(S(=O)(=O)N2CCC(N(C)C)C2)cc1CCl. The van der Waals surface area contributed by atoms with E-state index in [0.717, 1.165) is 18.7 Å². The normalized spacial score (nSPS) is 20.9.